The number of hydrogen-bond donors (Lipinski definition) is 2. The summed E-state index contributed by atoms with van der Waals surface area (Å²) in [5, 5.41) is 6.49. The summed E-state index contributed by atoms with van der Waals surface area (Å²) in [5.74, 6) is 0.0525. The first-order chi connectivity index (χ1) is 12.3. The number of rotatable bonds is 4. The third-order valence-electron chi connectivity index (χ3n) is 5.42. The molecule has 3 aliphatic rings. The first-order valence-electron chi connectivity index (χ1n) is 9.33. The lowest BCUT2D eigenvalue weighted by Gasteiger charge is -2.40. The van der Waals surface area contributed by atoms with E-state index in [0.29, 0.717) is 6.54 Å². The summed E-state index contributed by atoms with van der Waals surface area (Å²) in [7, 11) is 0. The standard InChI is InChI=1S/C18H27N3O3S.2ClH/c22-17(20-6-7-21-8-11-23-12-9-21)15-13-14-1-10-24-18(16(14)25-15)2-4-19-5-3-18;;/h13,19H,1-12H2,(H,20,22);2*1H. The second-order valence-corrected chi connectivity index (χ2v) is 8.07. The molecule has 2 fully saturated rings. The van der Waals surface area contributed by atoms with Crippen LogP contribution in [0, 0.1) is 0 Å². The van der Waals surface area contributed by atoms with E-state index in [1.54, 1.807) is 11.3 Å². The number of morpholine rings is 1. The van der Waals surface area contributed by atoms with Gasteiger partial charge in [-0.25, -0.2) is 0 Å². The summed E-state index contributed by atoms with van der Waals surface area (Å²) in [6.07, 6.45) is 2.92. The van der Waals surface area contributed by atoms with Gasteiger partial charge < -0.3 is 20.1 Å². The number of thiophene rings is 1. The topological polar surface area (TPSA) is 62.8 Å². The zero-order valence-corrected chi connectivity index (χ0v) is 17.9. The summed E-state index contributed by atoms with van der Waals surface area (Å²) in [5.41, 5.74) is 1.16. The van der Waals surface area contributed by atoms with Crippen LogP contribution in [0.3, 0.4) is 0 Å². The van der Waals surface area contributed by atoms with Crippen LogP contribution in [0.1, 0.15) is 33.0 Å². The molecule has 4 heterocycles. The lowest BCUT2D eigenvalue weighted by Crippen LogP contribution is -2.44. The number of nitrogens with one attached hydrogen (secondary N) is 2. The Kier molecular flexibility index (Phi) is 8.80. The van der Waals surface area contributed by atoms with Crippen LogP contribution in [-0.2, 0) is 21.5 Å². The van der Waals surface area contributed by atoms with Crippen LogP contribution in [-0.4, -0.2) is 69.9 Å². The van der Waals surface area contributed by atoms with Crippen molar-refractivity contribution in [1.29, 1.82) is 0 Å². The third-order valence-corrected chi connectivity index (χ3v) is 6.79. The minimum atomic E-state index is -0.157. The van der Waals surface area contributed by atoms with Gasteiger partial charge >= 0.3 is 0 Å². The Morgan fingerprint density at radius 2 is 1.96 bits per heavy atom. The van der Waals surface area contributed by atoms with Crippen molar-refractivity contribution in [3.05, 3.63) is 21.4 Å². The van der Waals surface area contributed by atoms with Crippen LogP contribution in [0.25, 0.3) is 0 Å². The molecule has 2 saturated heterocycles. The molecular weight excluding hydrogens is 409 g/mol. The molecule has 0 unspecified atom stereocenters. The van der Waals surface area contributed by atoms with Gasteiger partial charge in [-0.1, -0.05) is 0 Å². The number of ether oxygens (including phenoxy) is 2. The summed E-state index contributed by atoms with van der Waals surface area (Å²) in [6.45, 7) is 7.81. The van der Waals surface area contributed by atoms with E-state index in [4.69, 9.17) is 9.47 Å². The average molecular weight is 438 g/mol. The van der Waals surface area contributed by atoms with Gasteiger partial charge in [0.15, 0.2) is 0 Å². The fourth-order valence-corrected chi connectivity index (χ4v) is 5.30. The van der Waals surface area contributed by atoms with Crippen LogP contribution in [0.15, 0.2) is 6.07 Å². The summed E-state index contributed by atoms with van der Waals surface area (Å²) >= 11 is 1.64. The highest BCUT2D eigenvalue weighted by Gasteiger charge is 2.41. The van der Waals surface area contributed by atoms with Gasteiger partial charge in [-0.05, 0) is 44.0 Å². The number of carbonyl (C=O) groups is 1. The van der Waals surface area contributed by atoms with Gasteiger partial charge in [0, 0.05) is 31.1 Å². The maximum atomic E-state index is 12.6. The van der Waals surface area contributed by atoms with Crippen molar-refractivity contribution in [1.82, 2.24) is 15.5 Å². The van der Waals surface area contributed by atoms with E-state index in [9.17, 15) is 4.79 Å². The molecule has 0 bridgehead atoms. The zero-order valence-electron chi connectivity index (χ0n) is 15.5. The monoisotopic (exact) mass is 437 g/mol. The maximum Gasteiger partial charge on any atom is 0.261 e. The number of carbonyl (C=O) groups excluding carboxylic acids is 1. The molecule has 6 nitrogen and oxygen atoms in total. The van der Waals surface area contributed by atoms with E-state index >= 15 is 0 Å². The van der Waals surface area contributed by atoms with Crippen molar-refractivity contribution in [3.63, 3.8) is 0 Å². The smallest absolute Gasteiger partial charge is 0.261 e. The number of piperidine rings is 1. The molecular formula is C18H29Cl2N3O3S. The second-order valence-electron chi connectivity index (χ2n) is 7.02. The number of halogens is 2. The predicted octanol–water partition coefficient (Wildman–Crippen LogP) is 1.81. The Morgan fingerprint density at radius 1 is 1.22 bits per heavy atom. The number of fused-ring (bicyclic) bond motifs is 2. The van der Waals surface area contributed by atoms with Crippen LogP contribution < -0.4 is 10.6 Å². The first-order valence-corrected chi connectivity index (χ1v) is 10.1. The lowest BCUT2D eigenvalue weighted by atomic mass is 9.86. The Labute approximate surface area is 177 Å². The van der Waals surface area contributed by atoms with Gasteiger partial charge in [0.25, 0.3) is 5.91 Å². The quantitative estimate of drug-likeness (QED) is 0.751. The van der Waals surface area contributed by atoms with Gasteiger partial charge in [-0.2, -0.15) is 0 Å². The zero-order chi connectivity index (χ0) is 17.1. The van der Waals surface area contributed by atoms with Gasteiger partial charge in [0.1, 0.15) is 5.60 Å². The van der Waals surface area contributed by atoms with Crippen LogP contribution in [0.4, 0.5) is 0 Å². The van der Waals surface area contributed by atoms with Gasteiger partial charge in [-0.3, -0.25) is 9.69 Å². The molecule has 2 N–H and O–H groups in total. The van der Waals surface area contributed by atoms with Gasteiger partial charge in [0.2, 0.25) is 0 Å². The fraction of sp³-hybridized carbons (Fsp3) is 0.722. The minimum Gasteiger partial charge on any atom is -0.379 e. The second kappa shape index (κ2) is 10.4. The van der Waals surface area contributed by atoms with E-state index in [1.165, 1.54) is 10.4 Å². The molecule has 9 heteroatoms. The van der Waals surface area contributed by atoms with Crippen molar-refractivity contribution >= 4 is 42.1 Å². The number of amides is 1. The van der Waals surface area contributed by atoms with Crippen molar-refractivity contribution in [3.8, 4) is 0 Å². The molecule has 4 rings (SSSR count). The molecule has 0 atom stereocenters. The molecule has 3 aliphatic heterocycles. The third kappa shape index (κ3) is 5.15. The van der Waals surface area contributed by atoms with Crippen LogP contribution in [0.2, 0.25) is 0 Å². The Hall–Kier alpha value is -0.410. The summed E-state index contributed by atoms with van der Waals surface area (Å²) in [6, 6.07) is 2.09. The normalized spacial score (nSPS) is 21.6. The molecule has 0 aromatic carbocycles. The SMILES string of the molecule is Cl.Cl.O=C(NCCN1CCOCC1)c1cc2c(s1)C1(CCNCC1)OCC2. The highest BCUT2D eigenvalue weighted by atomic mass is 35.5. The fourth-order valence-electron chi connectivity index (χ4n) is 3.98. The van der Waals surface area contributed by atoms with Gasteiger partial charge in [-0.15, -0.1) is 36.2 Å². The number of hydrogen-bond acceptors (Lipinski definition) is 6. The van der Waals surface area contributed by atoms with Crippen molar-refractivity contribution in [2.24, 2.45) is 0 Å². The van der Waals surface area contributed by atoms with Crippen molar-refractivity contribution in [2.45, 2.75) is 24.9 Å². The summed E-state index contributed by atoms with van der Waals surface area (Å²) in [4.78, 5) is 17.0. The Bertz CT molecular complexity index is 617. The Morgan fingerprint density at radius 3 is 2.70 bits per heavy atom. The molecule has 1 aromatic rings. The first kappa shape index (κ1) is 22.9. The largest absolute Gasteiger partial charge is 0.379 e. The lowest BCUT2D eigenvalue weighted by molar-refractivity contribution is -0.0771. The van der Waals surface area contributed by atoms with E-state index in [1.807, 2.05) is 0 Å². The minimum absolute atomic E-state index is 0. The van der Waals surface area contributed by atoms with Crippen LogP contribution >= 0.6 is 36.2 Å². The molecule has 1 aromatic heterocycles. The van der Waals surface area contributed by atoms with Crippen LogP contribution in [0.5, 0.6) is 0 Å². The average Bonchev–Trinajstić information content (AvgIpc) is 3.10. The number of nitrogens with zero attached hydrogens (tertiary/aromatic N) is 1. The predicted molar refractivity (Wildman–Crippen MR) is 112 cm³/mol. The Balaban J connectivity index is 0.00000131. The molecule has 0 saturated carbocycles. The van der Waals surface area contributed by atoms with E-state index < -0.39 is 0 Å². The van der Waals surface area contributed by atoms with E-state index in [0.717, 1.165) is 76.7 Å². The molecule has 1 amide bonds. The molecule has 0 radical (unpaired) electrons. The maximum absolute atomic E-state index is 12.6. The van der Waals surface area contributed by atoms with Crippen molar-refractivity contribution < 1.29 is 14.3 Å². The molecule has 27 heavy (non-hydrogen) atoms. The van der Waals surface area contributed by atoms with Crippen molar-refractivity contribution in [2.75, 3.05) is 59.1 Å². The molecule has 0 aliphatic carbocycles. The highest BCUT2D eigenvalue weighted by molar-refractivity contribution is 7.14. The van der Waals surface area contributed by atoms with Gasteiger partial charge in [0.05, 0.1) is 24.7 Å². The summed E-state index contributed by atoms with van der Waals surface area (Å²) < 4.78 is 11.6. The highest BCUT2D eigenvalue weighted by Crippen LogP contribution is 2.44. The van der Waals surface area contributed by atoms with E-state index in [2.05, 4.69) is 21.6 Å². The molecule has 1 spiro atoms. The molecule has 154 valence electrons. The van der Waals surface area contributed by atoms with E-state index in [-0.39, 0.29) is 36.3 Å².